The van der Waals surface area contributed by atoms with Gasteiger partial charge in [-0.25, -0.2) is 4.98 Å². The van der Waals surface area contributed by atoms with Crippen LogP contribution >= 0.6 is 0 Å². The first-order chi connectivity index (χ1) is 8.31. The minimum absolute atomic E-state index is 0.959. The van der Waals surface area contributed by atoms with Crippen molar-refractivity contribution in [2.75, 3.05) is 0 Å². The summed E-state index contributed by atoms with van der Waals surface area (Å²) in [6.07, 6.45) is 6.93. The maximum Gasteiger partial charge on any atom is 0.108 e. The normalized spacial score (nSPS) is 14.6. The maximum absolute atomic E-state index is 4.73. The van der Waals surface area contributed by atoms with Gasteiger partial charge in [0, 0.05) is 25.6 Å². The highest BCUT2D eigenvalue weighted by Crippen LogP contribution is 2.16. The molecule has 0 radical (unpaired) electrons. The Balaban J connectivity index is 1.80. The predicted octanol–water partition coefficient (Wildman–Crippen LogP) is 3.12. The number of hydrogen-bond acceptors (Lipinski definition) is 1. The molecule has 0 saturated carbocycles. The highest BCUT2D eigenvalue weighted by molar-refractivity contribution is 5.25. The Labute approximate surface area is 102 Å². The van der Waals surface area contributed by atoms with E-state index < -0.39 is 0 Å². The number of imidazole rings is 1. The molecule has 1 aromatic heterocycles. The summed E-state index contributed by atoms with van der Waals surface area (Å²) >= 11 is 0. The third kappa shape index (κ3) is 2.26. The molecule has 17 heavy (non-hydrogen) atoms. The molecule has 2 heterocycles. The number of aromatic nitrogens is 2. The summed E-state index contributed by atoms with van der Waals surface area (Å²) in [5.41, 5.74) is 3.88. The van der Waals surface area contributed by atoms with Crippen LogP contribution in [-0.2, 0) is 19.4 Å². The van der Waals surface area contributed by atoms with E-state index in [1.165, 1.54) is 35.5 Å². The minimum atomic E-state index is 0.959. The second kappa shape index (κ2) is 4.36. The van der Waals surface area contributed by atoms with Crippen molar-refractivity contribution in [2.45, 2.75) is 39.2 Å². The van der Waals surface area contributed by atoms with E-state index in [4.69, 9.17) is 4.98 Å². The summed E-state index contributed by atoms with van der Waals surface area (Å²) < 4.78 is 2.33. The molecule has 0 saturated heterocycles. The second-order valence-corrected chi connectivity index (χ2v) is 4.96. The average molecular weight is 226 g/mol. The van der Waals surface area contributed by atoms with Crippen molar-refractivity contribution in [1.29, 1.82) is 0 Å². The number of benzene rings is 1. The highest BCUT2D eigenvalue weighted by atomic mass is 15.1. The Morgan fingerprint density at radius 2 is 2.00 bits per heavy atom. The first-order valence-electron chi connectivity index (χ1n) is 6.42. The molecule has 0 spiro atoms. The van der Waals surface area contributed by atoms with E-state index in [2.05, 4.69) is 42.0 Å². The van der Waals surface area contributed by atoms with Gasteiger partial charge in [0.05, 0.1) is 5.69 Å². The van der Waals surface area contributed by atoms with Crippen molar-refractivity contribution < 1.29 is 0 Å². The lowest BCUT2D eigenvalue weighted by atomic mass is 10.1. The van der Waals surface area contributed by atoms with Crippen molar-refractivity contribution in [2.24, 2.45) is 0 Å². The van der Waals surface area contributed by atoms with E-state index in [9.17, 15) is 0 Å². The van der Waals surface area contributed by atoms with Gasteiger partial charge in [-0.3, -0.25) is 0 Å². The van der Waals surface area contributed by atoms with Gasteiger partial charge < -0.3 is 4.57 Å². The Morgan fingerprint density at radius 3 is 2.76 bits per heavy atom. The summed E-state index contributed by atoms with van der Waals surface area (Å²) in [4.78, 5) is 4.73. The number of hydrogen-bond donors (Lipinski definition) is 0. The Morgan fingerprint density at radius 1 is 1.18 bits per heavy atom. The Hall–Kier alpha value is -1.57. The van der Waals surface area contributed by atoms with E-state index >= 15 is 0 Å². The number of fused-ring (bicyclic) bond motifs is 1. The van der Waals surface area contributed by atoms with Gasteiger partial charge in [-0.15, -0.1) is 0 Å². The van der Waals surface area contributed by atoms with Crippen LogP contribution in [0.4, 0.5) is 0 Å². The van der Waals surface area contributed by atoms with Crippen molar-refractivity contribution >= 4 is 0 Å². The molecule has 2 aromatic rings. The van der Waals surface area contributed by atoms with Gasteiger partial charge >= 0.3 is 0 Å². The molecule has 0 aliphatic carbocycles. The van der Waals surface area contributed by atoms with Gasteiger partial charge in [0.2, 0.25) is 0 Å². The van der Waals surface area contributed by atoms with Crippen LogP contribution in [0.5, 0.6) is 0 Å². The first kappa shape index (κ1) is 10.6. The topological polar surface area (TPSA) is 17.8 Å². The average Bonchev–Trinajstić information content (AvgIpc) is 2.74. The van der Waals surface area contributed by atoms with Gasteiger partial charge in [0.25, 0.3) is 0 Å². The quantitative estimate of drug-likeness (QED) is 0.769. The van der Waals surface area contributed by atoms with Gasteiger partial charge in [-0.2, -0.15) is 0 Å². The minimum Gasteiger partial charge on any atom is -0.335 e. The van der Waals surface area contributed by atoms with E-state index in [1.54, 1.807) is 0 Å². The van der Waals surface area contributed by atoms with Crippen molar-refractivity contribution in [1.82, 2.24) is 9.55 Å². The molecular weight excluding hydrogens is 208 g/mol. The fourth-order valence-corrected chi connectivity index (χ4v) is 2.47. The molecule has 0 amide bonds. The summed E-state index contributed by atoms with van der Waals surface area (Å²) in [5, 5.41) is 0. The van der Waals surface area contributed by atoms with Crippen LogP contribution in [-0.4, -0.2) is 9.55 Å². The Kier molecular flexibility index (Phi) is 2.71. The molecule has 2 nitrogen and oxygen atoms in total. The zero-order chi connectivity index (χ0) is 11.7. The molecule has 3 rings (SSSR count). The van der Waals surface area contributed by atoms with Crippen LogP contribution in [0.2, 0.25) is 0 Å². The van der Waals surface area contributed by atoms with Crippen molar-refractivity contribution in [3.05, 3.63) is 53.1 Å². The lowest BCUT2D eigenvalue weighted by Crippen LogP contribution is -2.08. The fourth-order valence-electron chi connectivity index (χ4n) is 2.47. The second-order valence-electron chi connectivity index (χ2n) is 4.96. The highest BCUT2D eigenvalue weighted by Gasteiger charge is 2.12. The van der Waals surface area contributed by atoms with E-state index in [0.29, 0.717) is 0 Å². The fraction of sp³-hybridized carbons (Fsp3) is 0.400. The molecule has 88 valence electrons. The Bertz CT molecular complexity index is 485. The molecule has 1 aliphatic rings. The lowest BCUT2D eigenvalue weighted by molar-refractivity contribution is 0.522. The third-order valence-electron chi connectivity index (χ3n) is 3.46. The molecule has 1 aromatic carbocycles. The molecule has 0 fully saturated rings. The lowest BCUT2D eigenvalue weighted by Gasteiger charge is -2.11. The van der Waals surface area contributed by atoms with E-state index in [1.807, 2.05) is 0 Å². The molecular formula is C15H18N2. The van der Waals surface area contributed by atoms with Crippen LogP contribution in [0.25, 0.3) is 0 Å². The van der Waals surface area contributed by atoms with Crippen LogP contribution in [0.15, 0.2) is 30.5 Å². The van der Waals surface area contributed by atoms with Crippen LogP contribution in [0.1, 0.15) is 35.5 Å². The van der Waals surface area contributed by atoms with Crippen molar-refractivity contribution in [3.8, 4) is 0 Å². The summed E-state index contributed by atoms with van der Waals surface area (Å²) in [6.45, 7) is 3.27. The van der Waals surface area contributed by atoms with Gasteiger partial charge in [0.15, 0.2) is 0 Å². The maximum atomic E-state index is 4.73. The van der Waals surface area contributed by atoms with Gasteiger partial charge in [-0.05, 0) is 25.3 Å². The molecule has 1 aliphatic heterocycles. The van der Waals surface area contributed by atoms with Crippen molar-refractivity contribution in [3.63, 3.8) is 0 Å². The predicted molar refractivity (Wildman–Crippen MR) is 69.2 cm³/mol. The molecule has 0 atom stereocenters. The molecule has 0 bridgehead atoms. The van der Waals surface area contributed by atoms with Gasteiger partial charge in [0.1, 0.15) is 5.82 Å². The summed E-state index contributed by atoms with van der Waals surface area (Å²) in [7, 11) is 0. The zero-order valence-electron chi connectivity index (χ0n) is 10.3. The van der Waals surface area contributed by atoms with Gasteiger partial charge in [-0.1, -0.05) is 29.8 Å². The monoisotopic (exact) mass is 226 g/mol. The summed E-state index contributed by atoms with van der Waals surface area (Å²) in [5.74, 6) is 1.28. The van der Waals surface area contributed by atoms with Crippen LogP contribution in [0, 0.1) is 6.92 Å². The third-order valence-corrected chi connectivity index (χ3v) is 3.46. The standard InChI is InChI=1S/C15H18N2/c1-12-5-7-13(8-6-12)10-14-11-17-9-3-2-4-15(17)16-14/h5-8,11H,2-4,9-10H2,1H3. The molecule has 0 unspecified atom stereocenters. The number of nitrogens with zero attached hydrogens (tertiary/aromatic N) is 2. The SMILES string of the molecule is Cc1ccc(Cc2cn3c(n2)CCCC3)cc1. The van der Waals surface area contributed by atoms with E-state index in [-0.39, 0.29) is 0 Å². The number of aryl methyl sites for hydroxylation is 3. The zero-order valence-corrected chi connectivity index (χ0v) is 10.3. The van der Waals surface area contributed by atoms with Crippen LogP contribution < -0.4 is 0 Å². The number of rotatable bonds is 2. The molecule has 0 N–H and O–H groups in total. The largest absolute Gasteiger partial charge is 0.335 e. The smallest absolute Gasteiger partial charge is 0.108 e. The van der Waals surface area contributed by atoms with E-state index in [0.717, 1.165) is 19.4 Å². The summed E-state index contributed by atoms with van der Waals surface area (Å²) in [6, 6.07) is 8.75. The first-order valence-corrected chi connectivity index (χ1v) is 6.42. The van der Waals surface area contributed by atoms with Crippen LogP contribution in [0.3, 0.4) is 0 Å². The molecule has 2 heteroatoms.